The van der Waals surface area contributed by atoms with Crippen LogP contribution >= 0.6 is 11.8 Å². The first-order chi connectivity index (χ1) is 15.5. The number of nitrogens with one attached hydrogen (secondary N) is 1. The molecule has 0 amide bonds. The van der Waals surface area contributed by atoms with Crippen LogP contribution in [0.4, 0.5) is 0 Å². The largest absolute Gasteiger partial charge is 0.340 e. The van der Waals surface area contributed by atoms with Gasteiger partial charge in [-0.15, -0.1) is 0 Å². The van der Waals surface area contributed by atoms with Crippen LogP contribution in [0.15, 0.2) is 77.2 Å². The summed E-state index contributed by atoms with van der Waals surface area (Å²) in [5.41, 5.74) is 3.30. The van der Waals surface area contributed by atoms with E-state index in [1.54, 1.807) is 48.8 Å². The van der Waals surface area contributed by atoms with Gasteiger partial charge in [-0.3, -0.25) is 0 Å². The molecule has 4 aromatic heterocycles. The van der Waals surface area contributed by atoms with Crippen molar-refractivity contribution >= 4 is 32.8 Å². The highest BCUT2D eigenvalue weighted by Crippen LogP contribution is 2.31. The van der Waals surface area contributed by atoms with Crippen LogP contribution in [0.1, 0.15) is 5.82 Å². The van der Waals surface area contributed by atoms with Gasteiger partial charge in [0, 0.05) is 29.5 Å². The summed E-state index contributed by atoms with van der Waals surface area (Å²) in [5, 5.41) is 1.36. The molecule has 5 rings (SSSR count). The number of nitrogens with zero attached hydrogens (tertiary/aromatic N) is 5. The second-order valence-corrected chi connectivity index (χ2v) is 9.63. The van der Waals surface area contributed by atoms with Gasteiger partial charge in [-0.2, -0.15) is 0 Å². The fraction of sp³-hybridized carbons (Fsp3) is 0.0909. The molecule has 32 heavy (non-hydrogen) atoms. The van der Waals surface area contributed by atoms with E-state index in [1.807, 2.05) is 25.3 Å². The Balaban J connectivity index is 1.61. The third-order valence-corrected chi connectivity index (χ3v) is 7.20. The minimum absolute atomic E-state index is 0.210. The van der Waals surface area contributed by atoms with E-state index in [9.17, 15) is 8.42 Å². The number of benzene rings is 1. The Hall–Kier alpha value is -3.50. The third-order valence-electron chi connectivity index (χ3n) is 4.96. The summed E-state index contributed by atoms with van der Waals surface area (Å²) in [6, 6.07) is 13.8. The number of aromatic nitrogens is 6. The van der Waals surface area contributed by atoms with Crippen molar-refractivity contribution in [2.24, 2.45) is 0 Å². The number of rotatable bonds is 5. The zero-order valence-corrected chi connectivity index (χ0v) is 18.9. The van der Waals surface area contributed by atoms with Crippen molar-refractivity contribution in [3.05, 3.63) is 72.9 Å². The molecule has 0 aliphatic carbocycles. The number of thioether (sulfide) groups is 1. The van der Waals surface area contributed by atoms with Gasteiger partial charge in [0.25, 0.3) is 10.0 Å². The number of imidazole rings is 1. The number of hydrogen-bond donors (Lipinski definition) is 1. The number of aryl methyl sites for hydroxylation is 1. The Morgan fingerprint density at radius 3 is 2.62 bits per heavy atom. The molecule has 0 aliphatic heterocycles. The summed E-state index contributed by atoms with van der Waals surface area (Å²) in [6.07, 6.45) is 6.79. The van der Waals surface area contributed by atoms with E-state index in [1.165, 1.54) is 21.9 Å². The predicted molar refractivity (Wildman–Crippen MR) is 124 cm³/mol. The zero-order valence-electron chi connectivity index (χ0n) is 17.2. The van der Waals surface area contributed by atoms with Gasteiger partial charge in [0.1, 0.15) is 5.82 Å². The smallest absolute Gasteiger partial charge is 0.269 e. The van der Waals surface area contributed by atoms with Gasteiger partial charge in [0.15, 0.2) is 10.8 Å². The second-order valence-electron chi connectivity index (χ2n) is 7.04. The Morgan fingerprint density at radius 2 is 1.84 bits per heavy atom. The normalized spacial score (nSPS) is 11.8. The molecule has 10 heteroatoms. The molecule has 0 saturated carbocycles. The lowest BCUT2D eigenvalue weighted by molar-refractivity contribution is 0.589. The molecule has 160 valence electrons. The van der Waals surface area contributed by atoms with E-state index >= 15 is 0 Å². The first-order valence-corrected chi connectivity index (χ1v) is 12.4. The van der Waals surface area contributed by atoms with Crippen molar-refractivity contribution in [1.29, 1.82) is 0 Å². The van der Waals surface area contributed by atoms with Gasteiger partial charge in [0.2, 0.25) is 0 Å². The Morgan fingerprint density at radius 1 is 1.03 bits per heavy atom. The molecule has 0 fully saturated rings. The van der Waals surface area contributed by atoms with Crippen LogP contribution in [0, 0.1) is 6.92 Å². The summed E-state index contributed by atoms with van der Waals surface area (Å²) >= 11 is 1.46. The third kappa shape index (κ3) is 3.47. The van der Waals surface area contributed by atoms with Crippen LogP contribution < -0.4 is 0 Å². The van der Waals surface area contributed by atoms with Crippen molar-refractivity contribution in [3.8, 4) is 22.6 Å². The summed E-state index contributed by atoms with van der Waals surface area (Å²) in [7, 11) is -3.74. The average Bonchev–Trinajstić information content (AvgIpc) is 3.43. The van der Waals surface area contributed by atoms with Crippen molar-refractivity contribution in [1.82, 2.24) is 28.9 Å². The minimum atomic E-state index is -3.74. The number of aromatic amines is 1. The van der Waals surface area contributed by atoms with E-state index in [0.29, 0.717) is 21.9 Å². The first kappa shape index (κ1) is 20.4. The number of H-pyrrole nitrogens is 1. The van der Waals surface area contributed by atoms with Crippen LogP contribution in [0.25, 0.3) is 33.7 Å². The maximum atomic E-state index is 13.1. The van der Waals surface area contributed by atoms with Gasteiger partial charge in [0.05, 0.1) is 22.0 Å². The molecule has 1 aromatic carbocycles. The van der Waals surface area contributed by atoms with Gasteiger partial charge in [-0.25, -0.2) is 32.3 Å². The van der Waals surface area contributed by atoms with E-state index in [0.717, 1.165) is 22.8 Å². The molecular weight excluding hydrogens is 444 g/mol. The van der Waals surface area contributed by atoms with Crippen molar-refractivity contribution in [2.45, 2.75) is 17.0 Å². The van der Waals surface area contributed by atoms with E-state index < -0.39 is 10.0 Å². The maximum Gasteiger partial charge on any atom is 0.269 e. The average molecular weight is 463 g/mol. The molecule has 4 heterocycles. The van der Waals surface area contributed by atoms with E-state index in [4.69, 9.17) is 0 Å². The Bertz CT molecular complexity index is 1540. The van der Waals surface area contributed by atoms with Crippen LogP contribution in [0.2, 0.25) is 0 Å². The number of pyridine rings is 1. The topological polar surface area (TPSA) is 106 Å². The van der Waals surface area contributed by atoms with Crippen molar-refractivity contribution < 1.29 is 8.42 Å². The van der Waals surface area contributed by atoms with Crippen LogP contribution in [0.3, 0.4) is 0 Å². The molecule has 0 aliphatic rings. The van der Waals surface area contributed by atoms with Crippen LogP contribution in [-0.2, 0) is 10.0 Å². The maximum absolute atomic E-state index is 13.1. The van der Waals surface area contributed by atoms with Crippen molar-refractivity contribution in [3.63, 3.8) is 0 Å². The first-order valence-electron chi connectivity index (χ1n) is 9.69. The van der Waals surface area contributed by atoms with Gasteiger partial charge < -0.3 is 4.98 Å². The molecule has 0 bridgehead atoms. The molecular formula is C22H18N6O2S2. The highest BCUT2D eigenvalue weighted by Gasteiger charge is 2.21. The number of fused-ring (bicyclic) bond motifs is 1. The monoisotopic (exact) mass is 462 g/mol. The molecule has 1 N–H and O–H groups in total. The molecule has 0 radical (unpaired) electrons. The van der Waals surface area contributed by atoms with Crippen LogP contribution in [-0.4, -0.2) is 43.6 Å². The highest BCUT2D eigenvalue weighted by molar-refractivity contribution is 7.98. The summed E-state index contributed by atoms with van der Waals surface area (Å²) in [5.74, 6) is 0.739. The lowest BCUT2D eigenvalue weighted by atomic mass is 10.1. The Kier molecular flexibility index (Phi) is 5.03. The van der Waals surface area contributed by atoms with E-state index in [-0.39, 0.29) is 4.90 Å². The second kappa shape index (κ2) is 7.88. The Labute approximate surface area is 188 Å². The molecule has 0 atom stereocenters. The zero-order chi connectivity index (χ0) is 22.3. The standard InChI is InChI=1S/C22H18N6O2S2/c1-14-25-19(20(26-14)18-8-10-23-22(27-18)31-2)16-12-15-9-11-28(21(15)24-13-16)32(29,30)17-6-4-3-5-7-17/h3-13H,1-2H3,(H,25,26). The quantitative estimate of drug-likeness (QED) is 0.309. The summed E-state index contributed by atoms with van der Waals surface area (Å²) in [6.45, 7) is 1.87. The SMILES string of the molecule is CSc1nccc(-c2[nH]c(C)nc2-c2cnc3c(ccn3S(=O)(=O)c3ccccc3)c2)n1. The fourth-order valence-electron chi connectivity index (χ4n) is 3.49. The lowest BCUT2D eigenvalue weighted by Crippen LogP contribution is -2.12. The fourth-order valence-corrected chi connectivity index (χ4v) is 5.18. The number of hydrogen-bond acceptors (Lipinski definition) is 7. The van der Waals surface area contributed by atoms with Gasteiger partial charge in [-0.05, 0) is 43.5 Å². The highest BCUT2D eigenvalue weighted by atomic mass is 32.2. The molecule has 0 unspecified atom stereocenters. The predicted octanol–water partition coefficient (Wildman–Crippen LogP) is 4.15. The lowest BCUT2D eigenvalue weighted by Gasteiger charge is -2.07. The summed E-state index contributed by atoms with van der Waals surface area (Å²) in [4.78, 5) is 21.4. The molecule has 0 saturated heterocycles. The summed E-state index contributed by atoms with van der Waals surface area (Å²) < 4.78 is 27.3. The molecule has 5 aromatic rings. The molecule has 0 spiro atoms. The van der Waals surface area contributed by atoms with Crippen molar-refractivity contribution in [2.75, 3.05) is 6.26 Å². The van der Waals surface area contributed by atoms with Crippen LogP contribution in [0.5, 0.6) is 0 Å². The minimum Gasteiger partial charge on any atom is -0.340 e. The van der Waals surface area contributed by atoms with Gasteiger partial charge >= 0.3 is 0 Å². The molecule has 8 nitrogen and oxygen atoms in total. The van der Waals surface area contributed by atoms with Gasteiger partial charge in [-0.1, -0.05) is 30.0 Å². The van der Waals surface area contributed by atoms with E-state index in [2.05, 4.69) is 24.9 Å².